The van der Waals surface area contributed by atoms with Gasteiger partial charge < -0.3 is 15.5 Å². The Hall–Kier alpha value is -2.62. The fourth-order valence-electron chi connectivity index (χ4n) is 1.22. The van der Waals surface area contributed by atoms with Gasteiger partial charge in [-0.15, -0.1) is 0 Å². The van der Waals surface area contributed by atoms with Crippen LogP contribution >= 0.6 is 0 Å². The SMILES string of the molecule is O=C(NCC(O)C(=O)O)c1cc(F)c([N+](=O)[O-])cc1F. The lowest BCUT2D eigenvalue weighted by Crippen LogP contribution is -2.36. The van der Waals surface area contributed by atoms with Crippen LogP contribution in [-0.2, 0) is 4.79 Å². The number of amides is 1. The van der Waals surface area contributed by atoms with Gasteiger partial charge >= 0.3 is 11.7 Å². The summed E-state index contributed by atoms with van der Waals surface area (Å²) in [6, 6.07) is 0.549. The van der Waals surface area contributed by atoms with Gasteiger partial charge in [0.25, 0.3) is 5.91 Å². The molecule has 1 rings (SSSR count). The van der Waals surface area contributed by atoms with E-state index in [4.69, 9.17) is 10.2 Å². The minimum absolute atomic E-state index is 0.234. The van der Waals surface area contributed by atoms with Crippen molar-refractivity contribution in [2.75, 3.05) is 6.54 Å². The molecule has 0 aliphatic rings. The molecular formula is C10H8F2N2O6. The van der Waals surface area contributed by atoms with Crippen molar-refractivity contribution in [1.29, 1.82) is 0 Å². The van der Waals surface area contributed by atoms with Gasteiger partial charge in [0.05, 0.1) is 23.1 Å². The zero-order chi connectivity index (χ0) is 15.4. The molecule has 0 bridgehead atoms. The smallest absolute Gasteiger partial charge is 0.334 e. The summed E-state index contributed by atoms with van der Waals surface area (Å²) in [6.45, 7) is -0.730. The predicted octanol–water partition coefficient (Wildman–Crippen LogP) is 0.0483. The third kappa shape index (κ3) is 3.45. The van der Waals surface area contributed by atoms with E-state index in [0.717, 1.165) is 0 Å². The monoisotopic (exact) mass is 290 g/mol. The number of carbonyl (C=O) groups is 2. The molecule has 0 radical (unpaired) electrons. The van der Waals surface area contributed by atoms with E-state index in [9.17, 15) is 28.5 Å². The Bertz CT molecular complexity index is 577. The molecule has 10 heteroatoms. The van der Waals surface area contributed by atoms with Gasteiger partial charge in [0, 0.05) is 0 Å². The van der Waals surface area contributed by atoms with E-state index in [0.29, 0.717) is 6.07 Å². The minimum Gasteiger partial charge on any atom is -0.479 e. The van der Waals surface area contributed by atoms with Gasteiger partial charge in [-0.1, -0.05) is 0 Å². The van der Waals surface area contributed by atoms with Crippen molar-refractivity contribution in [2.45, 2.75) is 6.10 Å². The number of aliphatic hydroxyl groups excluding tert-OH is 1. The van der Waals surface area contributed by atoms with Crippen LogP contribution in [0.4, 0.5) is 14.5 Å². The lowest BCUT2D eigenvalue weighted by atomic mass is 10.1. The fraction of sp³-hybridized carbons (Fsp3) is 0.200. The highest BCUT2D eigenvalue weighted by molar-refractivity contribution is 5.95. The second-order valence-corrected chi connectivity index (χ2v) is 3.60. The van der Waals surface area contributed by atoms with Crippen LogP contribution in [0.5, 0.6) is 0 Å². The summed E-state index contributed by atoms with van der Waals surface area (Å²) in [6.07, 6.45) is -1.91. The van der Waals surface area contributed by atoms with Crippen LogP contribution in [0, 0.1) is 21.7 Å². The molecule has 0 aliphatic carbocycles. The van der Waals surface area contributed by atoms with E-state index in [1.807, 2.05) is 5.32 Å². The number of nitro benzene ring substituents is 1. The molecular weight excluding hydrogens is 282 g/mol. The Labute approximate surface area is 109 Å². The lowest BCUT2D eigenvalue weighted by Gasteiger charge is -2.08. The molecule has 0 aliphatic heterocycles. The van der Waals surface area contributed by atoms with Gasteiger partial charge in [-0.3, -0.25) is 14.9 Å². The number of carboxylic acids is 1. The molecule has 8 nitrogen and oxygen atoms in total. The highest BCUT2D eigenvalue weighted by Gasteiger charge is 2.23. The first-order valence-electron chi connectivity index (χ1n) is 5.06. The van der Waals surface area contributed by atoms with Gasteiger partial charge in [-0.2, -0.15) is 4.39 Å². The van der Waals surface area contributed by atoms with E-state index in [1.54, 1.807) is 0 Å². The van der Waals surface area contributed by atoms with E-state index < -0.39 is 52.3 Å². The summed E-state index contributed by atoms with van der Waals surface area (Å²) < 4.78 is 26.6. The fourth-order valence-corrected chi connectivity index (χ4v) is 1.22. The number of nitro groups is 1. The molecule has 1 aromatic rings. The van der Waals surface area contributed by atoms with E-state index in [2.05, 4.69) is 0 Å². The van der Waals surface area contributed by atoms with Gasteiger partial charge in [-0.25, -0.2) is 9.18 Å². The van der Waals surface area contributed by atoms with Crippen molar-refractivity contribution in [1.82, 2.24) is 5.32 Å². The Kier molecular flexibility index (Phi) is 4.64. The average Bonchev–Trinajstić information content (AvgIpc) is 2.37. The minimum atomic E-state index is -1.91. The molecule has 1 aromatic carbocycles. The van der Waals surface area contributed by atoms with Crippen LogP contribution < -0.4 is 5.32 Å². The van der Waals surface area contributed by atoms with Gasteiger partial charge in [0.2, 0.25) is 5.82 Å². The summed E-state index contributed by atoms with van der Waals surface area (Å²) in [5.41, 5.74) is -1.98. The van der Waals surface area contributed by atoms with Crippen molar-refractivity contribution < 1.29 is 33.5 Å². The first-order chi connectivity index (χ1) is 9.23. The maximum absolute atomic E-state index is 13.4. The first-order valence-corrected chi connectivity index (χ1v) is 5.06. The van der Waals surface area contributed by atoms with E-state index in [1.165, 1.54) is 0 Å². The molecule has 108 valence electrons. The van der Waals surface area contributed by atoms with E-state index >= 15 is 0 Å². The molecule has 20 heavy (non-hydrogen) atoms. The number of aliphatic hydroxyl groups is 1. The van der Waals surface area contributed by atoms with Gasteiger partial charge in [0.15, 0.2) is 6.10 Å². The maximum Gasteiger partial charge on any atom is 0.334 e. The quantitative estimate of drug-likeness (QED) is 0.519. The number of carboxylic acid groups (broad SMARTS) is 1. The normalized spacial score (nSPS) is 11.8. The molecule has 1 atom stereocenters. The number of hydrogen-bond acceptors (Lipinski definition) is 5. The molecule has 1 unspecified atom stereocenters. The predicted molar refractivity (Wildman–Crippen MR) is 59.0 cm³/mol. The third-order valence-corrected chi connectivity index (χ3v) is 2.22. The Morgan fingerprint density at radius 1 is 1.35 bits per heavy atom. The average molecular weight is 290 g/mol. The van der Waals surface area contributed by atoms with Gasteiger partial charge in [-0.05, 0) is 6.07 Å². The molecule has 0 spiro atoms. The molecule has 0 aromatic heterocycles. The zero-order valence-corrected chi connectivity index (χ0v) is 9.67. The Morgan fingerprint density at radius 2 is 1.95 bits per heavy atom. The van der Waals surface area contributed by atoms with Crippen LogP contribution in [0.1, 0.15) is 10.4 Å². The number of rotatable bonds is 5. The molecule has 1 amide bonds. The number of nitrogens with one attached hydrogen (secondary N) is 1. The zero-order valence-electron chi connectivity index (χ0n) is 9.67. The maximum atomic E-state index is 13.4. The molecule has 0 heterocycles. The van der Waals surface area contributed by atoms with Crippen molar-refractivity contribution in [3.63, 3.8) is 0 Å². The summed E-state index contributed by atoms with van der Waals surface area (Å²) in [7, 11) is 0. The largest absolute Gasteiger partial charge is 0.479 e. The van der Waals surface area contributed by atoms with Gasteiger partial charge in [0.1, 0.15) is 5.82 Å². The van der Waals surface area contributed by atoms with Crippen molar-refractivity contribution in [3.8, 4) is 0 Å². The Morgan fingerprint density at radius 3 is 2.45 bits per heavy atom. The molecule has 0 saturated heterocycles. The molecule has 0 fully saturated rings. The standard InChI is InChI=1S/C10H8F2N2O6/c11-5-2-7(14(19)20)6(12)1-4(5)9(16)13-3-8(15)10(17)18/h1-2,8,15H,3H2,(H,13,16)(H,17,18). The number of benzene rings is 1. The molecule has 0 saturated carbocycles. The summed E-state index contributed by atoms with van der Waals surface area (Å²) in [4.78, 5) is 30.9. The van der Waals surface area contributed by atoms with Crippen LogP contribution in [0.3, 0.4) is 0 Å². The molecule has 3 N–H and O–H groups in total. The summed E-state index contributed by atoms with van der Waals surface area (Å²) in [5, 5.41) is 29.4. The van der Waals surface area contributed by atoms with Crippen molar-refractivity contribution >= 4 is 17.6 Å². The highest BCUT2D eigenvalue weighted by Crippen LogP contribution is 2.21. The number of hydrogen-bond donors (Lipinski definition) is 3. The van der Waals surface area contributed by atoms with Crippen molar-refractivity contribution in [3.05, 3.63) is 39.4 Å². The lowest BCUT2D eigenvalue weighted by molar-refractivity contribution is -0.387. The van der Waals surface area contributed by atoms with Crippen molar-refractivity contribution in [2.24, 2.45) is 0 Å². The highest BCUT2D eigenvalue weighted by atomic mass is 19.1. The number of carbonyl (C=O) groups excluding carboxylic acids is 1. The second kappa shape index (κ2) is 6.02. The van der Waals surface area contributed by atoms with Crippen LogP contribution in [-0.4, -0.2) is 39.7 Å². The topological polar surface area (TPSA) is 130 Å². The van der Waals surface area contributed by atoms with Crippen LogP contribution in [0.25, 0.3) is 0 Å². The summed E-state index contributed by atoms with van der Waals surface area (Å²) in [5.74, 6) is -5.59. The number of nitrogens with zero attached hydrogens (tertiary/aromatic N) is 1. The Balaban J connectivity index is 2.92. The second-order valence-electron chi connectivity index (χ2n) is 3.60. The van der Waals surface area contributed by atoms with Crippen LogP contribution in [0.15, 0.2) is 12.1 Å². The summed E-state index contributed by atoms with van der Waals surface area (Å²) >= 11 is 0. The number of aliphatic carboxylic acids is 1. The number of halogens is 2. The first kappa shape index (κ1) is 15.4. The van der Waals surface area contributed by atoms with Crippen LogP contribution in [0.2, 0.25) is 0 Å². The third-order valence-electron chi connectivity index (χ3n) is 2.22. The van der Waals surface area contributed by atoms with E-state index in [-0.39, 0.29) is 6.07 Å².